The Morgan fingerprint density at radius 1 is 1.62 bits per heavy atom. The highest BCUT2D eigenvalue weighted by atomic mass is 16.2. The van der Waals surface area contributed by atoms with E-state index >= 15 is 0 Å². The zero-order valence-corrected chi connectivity index (χ0v) is 8.71. The van der Waals surface area contributed by atoms with E-state index in [1.165, 1.54) is 0 Å². The van der Waals surface area contributed by atoms with Crippen LogP contribution in [0.5, 0.6) is 0 Å². The molecule has 1 aliphatic rings. The number of nitrogens with zero attached hydrogens (tertiary/aromatic N) is 2. The molecule has 0 aromatic carbocycles. The summed E-state index contributed by atoms with van der Waals surface area (Å²) < 4.78 is 0. The lowest BCUT2D eigenvalue weighted by atomic mass is 10.2. The fourth-order valence-corrected chi connectivity index (χ4v) is 1.49. The summed E-state index contributed by atoms with van der Waals surface area (Å²) in [6.45, 7) is 5.64. The third kappa shape index (κ3) is 3.32. The van der Waals surface area contributed by atoms with E-state index in [-0.39, 0.29) is 5.91 Å². The normalized spacial score (nSPS) is 24.4. The van der Waals surface area contributed by atoms with Crippen molar-refractivity contribution in [3.63, 3.8) is 0 Å². The van der Waals surface area contributed by atoms with Crippen LogP contribution in [-0.2, 0) is 4.79 Å². The molecule has 0 bridgehead atoms. The first kappa shape index (κ1) is 10.5. The zero-order chi connectivity index (χ0) is 9.84. The first-order chi connectivity index (χ1) is 6.09. The molecule has 0 spiro atoms. The third-order valence-electron chi connectivity index (χ3n) is 2.31. The summed E-state index contributed by atoms with van der Waals surface area (Å²) in [4.78, 5) is 15.2. The maximum atomic E-state index is 11.4. The molecule has 1 saturated heterocycles. The second-order valence-corrected chi connectivity index (χ2v) is 3.88. The number of likely N-dealkylation sites (N-methyl/N-ethyl adjacent to an activating group) is 1. The first-order valence-electron chi connectivity index (χ1n) is 4.75. The number of carbonyl (C=O) groups is 1. The van der Waals surface area contributed by atoms with E-state index in [2.05, 4.69) is 17.1 Å². The van der Waals surface area contributed by atoms with E-state index in [9.17, 15) is 4.79 Å². The summed E-state index contributed by atoms with van der Waals surface area (Å²) in [6, 6.07) is 0.503. The van der Waals surface area contributed by atoms with Crippen molar-refractivity contribution in [1.29, 1.82) is 0 Å². The van der Waals surface area contributed by atoms with Gasteiger partial charge in [-0.05, 0) is 6.92 Å². The Morgan fingerprint density at radius 3 is 2.85 bits per heavy atom. The van der Waals surface area contributed by atoms with E-state index in [0.717, 1.165) is 19.6 Å². The molecule has 1 fully saturated rings. The number of carbonyl (C=O) groups excluding carboxylic acids is 1. The van der Waals surface area contributed by atoms with Crippen LogP contribution in [0.4, 0.5) is 0 Å². The average molecular weight is 185 g/mol. The number of amides is 1. The quantitative estimate of drug-likeness (QED) is 0.622. The lowest BCUT2D eigenvalue weighted by Gasteiger charge is -2.31. The van der Waals surface area contributed by atoms with Gasteiger partial charge in [0.05, 0.1) is 6.54 Å². The Hall–Kier alpha value is -0.610. The highest BCUT2D eigenvalue weighted by Gasteiger charge is 2.18. The van der Waals surface area contributed by atoms with Crippen LogP contribution < -0.4 is 5.32 Å². The predicted molar refractivity (Wildman–Crippen MR) is 52.6 cm³/mol. The standard InChI is InChI=1S/C9H19N3O/c1-8-6-12(5-4-10-8)7-9(13)11(2)3/h8,10H,4-7H2,1-3H3/t8-/m1/s1. The van der Waals surface area contributed by atoms with Gasteiger partial charge in [0.1, 0.15) is 0 Å². The molecule has 1 amide bonds. The Labute approximate surface area is 79.9 Å². The minimum Gasteiger partial charge on any atom is -0.348 e. The summed E-state index contributed by atoms with van der Waals surface area (Å²) in [5.41, 5.74) is 0. The number of piperazine rings is 1. The highest BCUT2D eigenvalue weighted by Crippen LogP contribution is 1.98. The van der Waals surface area contributed by atoms with Gasteiger partial charge >= 0.3 is 0 Å². The van der Waals surface area contributed by atoms with E-state index in [4.69, 9.17) is 0 Å². The van der Waals surface area contributed by atoms with Crippen LogP contribution in [0.25, 0.3) is 0 Å². The topological polar surface area (TPSA) is 35.6 Å². The second kappa shape index (κ2) is 4.58. The molecule has 1 aliphatic heterocycles. The van der Waals surface area contributed by atoms with Gasteiger partial charge in [0.2, 0.25) is 5.91 Å². The second-order valence-electron chi connectivity index (χ2n) is 3.88. The van der Waals surface area contributed by atoms with Crippen LogP contribution in [0.15, 0.2) is 0 Å². The molecule has 0 unspecified atom stereocenters. The van der Waals surface area contributed by atoms with Gasteiger partial charge in [0, 0.05) is 39.8 Å². The van der Waals surface area contributed by atoms with Gasteiger partial charge in [-0.3, -0.25) is 9.69 Å². The van der Waals surface area contributed by atoms with E-state index in [1.54, 1.807) is 19.0 Å². The summed E-state index contributed by atoms with van der Waals surface area (Å²) in [5, 5.41) is 3.35. The Kier molecular flexibility index (Phi) is 3.69. The number of hydrogen-bond donors (Lipinski definition) is 1. The molecule has 0 aliphatic carbocycles. The van der Waals surface area contributed by atoms with Gasteiger partial charge in [0.25, 0.3) is 0 Å². The lowest BCUT2D eigenvalue weighted by molar-refractivity contribution is -0.130. The predicted octanol–water partition coefficient (Wildman–Crippen LogP) is -0.632. The molecule has 0 saturated carbocycles. The zero-order valence-electron chi connectivity index (χ0n) is 8.71. The minimum absolute atomic E-state index is 0.189. The SMILES string of the molecule is C[C@@H]1CN(CC(=O)N(C)C)CCN1. The Balaban J connectivity index is 2.31. The van der Waals surface area contributed by atoms with Crippen molar-refractivity contribution in [1.82, 2.24) is 15.1 Å². The summed E-state index contributed by atoms with van der Waals surface area (Å²) in [5.74, 6) is 0.189. The minimum atomic E-state index is 0.189. The van der Waals surface area contributed by atoms with Crippen LogP contribution in [-0.4, -0.2) is 62.0 Å². The summed E-state index contributed by atoms with van der Waals surface area (Å²) in [6.07, 6.45) is 0. The number of hydrogen-bond acceptors (Lipinski definition) is 3. The van der Waals surface area contributed by atoms with Gasteiger partial charge < -0.3 is 10.2 Å². The van der Waals surface area contributed by atoms with E-state index in [1.807, 2.05) is 0 Å². The monoisotopic (exact) mass is 185 g/mol. The van der Waals surface area contributed by atoms with Crippen LogP contribution >= 0.6 is 0 Å². The smallest absolute Gasteiger partial charge is 0.236 e. The van der Waals surface area contributed by atoms with Crippen LogP contribution in [0.1, 0.15) is 6.92 Å². The van der Waals surface area contributed by atoms with Crippen molar-refractivity contribution >= 4 is 5.91 Å². The van der Waals surface area contributed by atoms with Gasteiger partial charge in [-0.2, -0.15) is 0 Å². The average Bonchev–Trinajstić information content (AvgIpc) is 2.04. The van der Waals surface area contributed by atoms with Gasteiger partial charge in [-0.25, -0.2) is 0 Å². The molecule has 1 rings (SSSR count). The molecule has 1 heterocycles. The number of nitrogens with one attached hydrogen (secondary N) is 1. The van der Waals surface area contributed by atoms with Crippen molar-refractivity contribution in [3.05, 3.63) is 0 Å². The largest absolute Gasteiger partial charge is 0.348 e. The van der Waals surface area contributed by atoms with Crippen molar-refractivity contribution in [3.8, 4) is 0 Å². The summed E-state index contributed by atoms with van der Waals surface area (Å²) >= 11 is 0. The molecule has 1 N–H and O–H groups in total. The van der Waals surface area contributed by atoms with Gasteiger partial charge in [-0.1, -0.05) is 0 Å². The van der Waals surface area contributed by atoms with Crippen LogP contribution in [0.3, 0.4) is 0 Å². The van der Waals surface area contributed by atoms with Gasteiger partial charge in [-0.15, -0.1) is 0 Å². The Bertz CT molecular complexity index is 182. The molecule has 4 heteroatoms. The molecule has 0 aromatic heterocycles. The molecule has 1 atom stereocenters. The lowest BCUT2D eigenvalue weighted by Crippen LogP contribution is -2.51. The molecule has 76 valence electrons. The van der Waals surface area contributed by atoms with Gasteiger partial charge in [0.15, 0.2) is 0 Å². The maximum Gasteiger partial charge on any atom is 0.236 e. The van der Waals surface area contributed by atoms with E-state index in [0.29, 0.717) is 12.6 Å². The van der Waals surface area contributed by atoms with Crippen LogP contribution in [0.2, 0.25) is 0 Å². The molecular weight excluding hydrogens is 166 g/mol. The number of rotatable bonds is 2. The molecule has 4 nitrogen and oxygen atoms in total. The van der Waals surface area contributed by atoms with E-state index < -0.39 is 0 Å². The fraction of sp³-hybridized carbons (Fsp3) is 0.889. The molecular formula is C9H19N3O. The Morgan fingerprint density at radius 2 is 2.31 bits per heavy atom. The molecule has 0 aromatic rings. The fourth-order valence-electron chi connectivity index (χ4n) is 1.49. The highest BCUT2D eigenvalue weighted by molar-refractivity contribution is 5.77. The van der Waals surface area contributed by atoms with Crippen LogP contribution in [0, 0.1) is 0 Å². The molecule has 13 heavy (non-hydrogen) atoms. The van der Waals surface area contributed by atoms with Crippen molar-refractivity contribution in [2.75, 3.05) is 40.3 Å². The first-order valence-corrected chi connectivity index (χ1v) is 4.75. The van der Waals surface area contributed by atoms with Crippen molar-refractivity contribution in [2.24, 2.45) is 0 Å². The maximum absolute atomic E-state index is 11.4. The summed E-state index contributed by atoms with van der Waals surface area (Å²) in [7, 11) is 3.60. The van der Waals surface area contributed by atoms with Crippen molar-refractivity contribution < 1.29 is 4.79 Å². The van der Waals surface area contributed by atoms with Crippen molar-refractivity contribution in [2.45, 2.75) is 13.0 Å². The third-order valence-corrected chi connectivity index (χ3v) is 2.31. The molecule has 0 radical (unpaired) electrons.